The molecule has 1 amide bonds. The lowest BCUT2D eigenvalue weighted by atomic mass is 10.0. The summed E-state index contributed by atoms with van der Waals surface area (Å²) >= 11 is 0. The number of carbonyl (C=O) groups excluding carboxylic acids is 2. The van der Waals surface area contributed by atoms with E-state index in [-0.39, 0.29) is 41.5 Å². The molecule has 28 heavy (non-hydrogen) atoms. The van der Waals surface area contributed by atoms with Crippen molar-refractivity contribution >= 4 is 23.0 Å². The molecular weight excluding hydrogens is 362 g/mol. The van der Waals surface area contributed by atoms with E-state index >= 15 is 0 Å². The average molecular weight is 387 g/mol. The zero-order chi connectivity index (χ0) is 20.3. The first kappa shape index (κ1) is 19.9. The van der Waals surface area contributed by atoms with E-state index in [1.807, 2.05) is 6.92 Å². The molecule has 0 aliphatic heterocycles. The van der Waals surface area contributed by atoms with Crippen LogP contribution in [0.15, 0.2) is 27.3 Å². The number of hydrogen-bond acceptors (Lipinski definition) is 6. The van der Waals surface area contributed by atoms with Gasteiger partial charge in [-0.2, -0.15) is 0 Å². The Labute approximate surface area is 162 Å². The first-order valence-electron chi connectivity index (χ1n) is 9.62. The van der Waals surface area contributed by atoms with Crippen LogP contribution in [0.1, 0.15) is 55.6 Å². The van der Waals surface area contributed by atoms with Crippen molar-refractivity contribution in [2.75, 3.05) is 13.2 Å². The fourth-order valence-electron chi connectivity index (χ4n) is 3.54. The van der Waals surface area contributed by atoms with Crippen LogP contribution < -0.4 is 5.56 Å². The third-order valence-electron chi connectivity index (χ3n) is 4.87. The number of rotatable bonds is 6. The van der Waals surface area contributed by atoms with E-state index in [0.717, 1.165) is 31.4 Å². The number of allylic oxidation sites excluding steroid dienone is 2. The van der Waals surface area contributed by atoms with Gasteiger partial charge in [-0.05, 0) is 46.5 Å². The highest BCUT2D eigenvalue weighted by Gasteiger charge is 2.25. The molecule has 3 rings (SSSR count). The quantitative estimate of drug-likeness (QED) is 0.708. The highest BCUT2D eigenvalue weighted by atomic mass is 16.5. The van der Waals surface area contributed by atoms with Crippen LogP contribution in [0.4, 0.5) is 0 Å². The number of nitrogens with zero attached hydrogens (tertiary/aromatic N) is 3. The number of furan rings is 1. The molecule has 0 unspecified atom stereocenters. The predicted octanol–water partition coefficient (Wildman–Crippen LogP) is 2.78. The minimum absolute atomic E-state index is 0.0474. The number of amides is 1. The Bertz CT molecular complexity index is 986. The standard InChI is InChI=1S/C20H25N3O5/c1-4-23(14-9-7-6-8-10-14)15(24)11-22-12-21-18-17(19(22)25)16(13(3)28-18)20(26)27-5-2/h9,12H,4-8,10-11H2,1-3H3. The SMILES string of the molecule is CCOC(=O)c1c(C)oc2ncn(CC(=O)N(CC)C3=CCCCC3)c(=O)c12. The van der Waals surface area contributed by atoms with Crippen LogP contribution in [0.5, 0.6) is 0 Å². The highest BCUT2D eigenvalue weighted by Crippen LogP contribution is 2.23. The van der Waals surface area contributed by atoms with Gasteiger partial charge in [0, 0.05) is 12.2 Å². The van der Waals surface area contributed by atoms with Crippen molar-refractivity contribution in [1.82, 2.24) is 14.5 Å². The maximum absolute atomic E-state index is 13.0. The third-order valence-corrected chi connectivity index (χ3v) is 4.87. The molecule has 0 bridgehead atoms. The minimum atomic E-state index is -0.635. The van der Waals surface area contributed by atoms with E-state index in [9.17, 15) is 14.4 Å². The molecular formula is C20H25N3O5. The van der Waals surface area contributed by atoms with Gasteiger partial charge in [-0.25, -0.2) is 9.78 Å². The van der Waals surface area contributed by atoms with Gasteiger partial charge in [0.15, 0.2) is 0 Å². The summed E-state index contributed by atoms with van der Waals surface area (Å²) in [5, 5.41) is 0.0474. The molecule has 2 aromatic heterocycles. The Morgan fingerprint density at radius 2 is 2.11 bits per heavy atom. The maximum Gasteiger partial charge on any atom is 0.342 e. The number of hydrogen-bond donors (Lipinski definition) is 0. The van der Waals surface area contributed by atoms with Gasteiger partial charge in [-0.1, -0.05) is 6.08 Å². The van der Waals surface area contributed by atoms with E-state index in [2.05, 4.69) is 11.1 Å². The predicted molar refractivity (Wildman–Crippen MR) is 103 cm³/mol. The van der Waals surface area contributed by atoms with E-state index in [0.29, 0.717) is 6.54 Å². The van der Waals surface area contributed by atoms with E-state index in [4.69, 9.17) is 9.15 Å². The van der Waals surface area contributed by atoms with Crippen LogP contribution in [0.3, 0.4) is 0 Å². The van der Waals surface area contributed by atoms with Gasteiger partial charge in [-0.3, -0.25) is 14.2 Å². The number of carbonyl (C=O) groups is 2. The van der Waals surface area contributed by atoms with Crippen molar-refractivity contribution in [2.45, 2.75) is 53.0 Å². The van der Waals surface area contributed by atoms with Gasteiger partial charge in [0.2, 0.25) is 11.6 Å². The summed E-state index contributed by atoms with van der Waals surface area (Å²) in [6, 6.07) is 0. The van der Waals surface area contributed by atoms with Crippen molar-refractivity contribution < 1.29 is 18.7 Å². The van der Waals surface area contributed by atoms with E-state index in [1.165, 1.54) is 10.9 Å². The zero-order valence-electron chi connectivity index (χ0n) is 16.5. The topological polar surface area (TPSA) is 94.6 Å². The molecule has 0 N–H and O–H groups in total. The van der Waals surface area contributed by atoms with Crippen LogP contribution in [0.2, 0.25) is 0 Å². The molecule has 0 atom stereocenters. The van der Waals surface area contributed by atoms with Crippen molar-refractivity contribution in [1.29, 1.82) is 0 Å². The summed E-state index contributed by atoms with van der Waals surface area (Å²) in [6.07, 6.45) is 7.38. The lowest BCUT2D eigenvalue weighted by Gasteiger charge is -2.26. The average Bonchev–Trinajstić information content (AvgIpc) is 3.02. The van der Waals surface area contributed by atoms with E-state index in [1.54, 1.807) is 18.7 Å². The lowest BCUT2D eigenvalue weighted by Crippen LogP contribution is -2.36. The second kappa shape index (κ2) is 8.41. The summed E-state index contributed by atoms with van der Waals surface area (Å²) in [5.74, 6) is -0.550. The van der Waals surface area contributed by atoms with Gasteiger partial charge < -0.3 is 14.1 Å². The fraction of sp³-hybridized carbons (Fsp3) is 0.500. The minimum Gasteiger partial charge on any atom is -0.462 e. The van der Waals surface area contributed by atoms with Crippen LogP contribution >= 0.6 is 0 Å². The molecule has 0 aromatic carbocycles. The van der Waals surface area contributed by atoms with Gasteiger partial charge in [0.05, 0.1) is 6.61 Å². The molecule has 8 nitrogen and oxygen atoms in total. The molecule has 0 spiro atoms. The number of ether oxygens (including phenoxy) is 1. The Hall–Kier alpha value is -2.90. The zero-order valence-corrected chi connectivity index (χ0v) is 16.5. The molecule has 0 saturated carbocycles. The van der Waals surface area contributed by atoms with Gasteiger partial charge in [0.25, 0.3) is 5.56 Å². The number of aryl methyl sites for hydroxylation is 1. The first-order valence-corrected chi connectivity index (χ1v) is 9.62. The molecule has 0 radical (unpaired) electrons. The third kappa shape index (κ3) is 3.72. The van der Waals surface area contributed by atoms with Crippen LogP contribution in [0, 0.1) is 6.92 Å². The summed E-state index contributed by atoms with van der Waals surface area (Å²) in [5.41, 5.74) is 0.647. The number of esters is 1. The Morgan fingerprint density at radius 1 is 1.32 bits per heavy atom. The molecule has 2 heterocycles. The molecule has 0 fully saturated rings. The van der Waals surface area contributed by atoms with Gasteiger partial charge >= 0.3 is 5.97 Å². The summed E-state index contributed by atoms with van der Waals surface area (Å²) in [6.45, 7) is 5.74. The molecule has 1 aliphatic carbocycles. The summed E-state index contributed by atoms with van der Waals surface area (Å²) in [4.78, 5) is 43.9. The number of likely N-dealkylation sites (N-methyl/N-ethyl adjacent to an activating group) is 1. The maximum atomic E-state index is 13.0. The van der Waals surface area contributed by atoms with E-state index < -0.39 is 11.5 Å². The Kier molecular flexibility index (Phi) is 5.96. The molecule has 2 aromatic rings. The second-order valence-electron chi connectivity index (χ2n) is 6.69. The second-order valence-corrected chi connectivity index (χ2v) is 6.69. The highest BCUT2D eigenvalue weighted by molar-refractivity contribution is 6.03. The van der Waals surface area contributed by atoms with Crippen molar-refractivity contribution in [3.63, 3.8) is 0 Å². The Balaban J connectivity index is 1.95. The molecule has 0 saturated heterocycles. The monoisotopic (exact) mass is 387 g/mol. The molecule has 1 aliphatic rings. The lowest BCUT2D eigenvalue weighted by molar-refractivity contribution is -0.130. The molecule has 8 heteroatoms. The van der Waals surface area contributed by atoms with Gasteiger partial charge in [0.1, 0.15) is 29.6 Å². The fourth-order valence-corrected chi connectivity index (χ4v) is 3.54. The van der Waals surface area contributed by atoms with Crippen molar-refractivity contribution in [3.8, 4) is 0 Å². The Morgan fingerprint density at radius 3 is 2.75 bits per heavy atom. The first-order chi connectivity index (χ1) is 13.5. The van der Waals surface area contributed by atoms with Crippen molar-refractivity contribution in [3.05, 3.63) is 39.8 Å². The number of aromatic nitrogens is 2. The van der Waals surface area contributed by atoms with Crippen molar-refractivity contribution in [2.24, 2.45) is 0 Å². The van der Waals surface area contributed by atoms with Gasteiger partial charge in [-0.15, -0.1) is 0 Å². The van der Waals surface area contributed by atoms with Crippen LogP contribution in [-0.4, -0.2) is 39.5 Å². The van der Waals surface area contributed by atoms with Crippen LogP contribution in [0.25, 0.3) is 11.1 Å². The largest absolute Gasteiger partial charge is 0.462 e. The molecule has 150 valence electrons. The smallest absolute Gasteiger partial charge is 0.342 e. The summed E-state index contributed by atoms with van der Waals surface area (Å²) in [7, 11) is 0. The summed E-state index contributed by atoms with van der Waals surface area (Å²) < 4.78 is 11.7. The number of fused-ring (bicyclic) bond motifs is 1. The van der Waals surface area contributed by atoms with Crippen LogP contribution in [-0.2, 0) is 16.1 Å². The normalized spacial score (nSPS) is 14.0.